The fourth-order valence-corrected chi connectivity index (χ4v) is 2.62. The lowest BCUT2D eigenvalue weighted by atomic mass is 10.1. The van der Waals surface area contributed by atoms with Crippen molar-refractivity contribution in [3.05, 3.63) is 58.9 Å². The number of fused-ring (bicyclic) bond motifs is 1. The Kier molecular flexibility index (Phi) is 3.01. The minimum atomic E-state index is -0.934. The highest BCUT2D eigenvalue weighted by molar-refractivity contribution is 5.93. The molecule has 4 heteroatoms. The van der Waals surface area contributed by atoms with Crippen LogP contribution in [0.4, 0.5) is 0 Å². The minimum Gasteiger partial charge on any atom is -0.478 e. The van der Waals surface area contributed by atoms with Gasteiger partial charge in [0.25, 0.3) is 0 Å². The third-order valence-corrected chi connectivity index (χ3v) is 3.89. The van der Waals surface area contributed by atoms with Crippen LogP contribution < -0.4 is 0 Å². The van der Waals surface area contributed by atoms with E-state index < -0.39 is 5.97 Å². The molecule has 0 unspecified atom stereocenters. The molecular formula is C17H16N2O2. The number of carboxylic acid groups (broad SMARTS) is 1. The van der Waals surface area contributed by atoms with Crippen LogP contribution in [0.5, 0.6) is 0 Å². The molecule has 3 rings (SSSR count). The number of aromatic nitrogens is 2. The molecule has 3 aromatic rings. The summed E-state index contributed by atoms with van der Waals surface area (Å²) in [6.45, 7) is 6.10. The lowest BCUT2D eigenvalue weighted by Gasteiger charge is -2.12. The molecule has 0 amide bonds. The molecular weight excluding hydrogens is 264 g/mol. The molecule has 2 aromatic carbocycles. The Labute approximate surface area is 122 Å². The van der Waals surface area contributed by atoms with Crippen LogP contribution in [0.25, 0.3) is 16.7 Å². The fourth-order valence-electron chi connectivity index (χ4n) is 2.62. The molecule has 1 N–H and O–H groups in total. The third-order valence-electron chi connectivity index (χ3n) is 3.89. The minimum absolute atomic E-state index is 0.258. The normalized spacial score (nSPS) is 11.0. The summed E-state index contributed by atoms with van der Waals surface area (Å²) in [6.07, 6.45) is 0. The van der Waals surface area contributed by atoms with Gasteiger partial charge in [-0.2, -0.15) is 0 Å². The molecule has 21 heavy (non-hydrogen) atoms. The van der Waals surface area contributed by atoms with E-state index in [1.165, 1.54) is 11.1 Å². The maximum atomic E-state index is 11.1. The highest BCUT2D eigenvalue weighted by atomic mass is 16.4. The molecule has 0 aliphatic rings. The van der Waals surface area contributed by atoms with Crippen molar-refractivity contribution in [3.8, 4) is 5.69 Å². The van der Waals surface area contributed by atoms with Crippen LogP contribution in [0.3, 0.4) is 0 Å². The predicted molar refractivity (Wildman–Crippen MR) is 82.2 cm³/mol. The lowest BCUT2D eigenvalue weighted by Crippen LogP contribution is -2.01. The van der Waals surface area contributed by atoms with Crippen LogP contribution in [-0.2, 0) is 0 Å². The summed E-state index contributed by atoms with van der Waals surface area (Å²) in [4.78, 5) is 15.6. The second-order valence-electron chi connectivity index (χ2n) is 5.22. The van der Waals surface area contributed by atoms with Crippen molar-refractivity contribution in [1.29, 1.82) is 0 Å². The number of aryl methyl sites for hydroxylation is 2. The van der Waals surface area contributed by atoms with Gasteiger partial charge in [-0.1, -0.05) is 12.1 Å². The average molecular weight is 280 g/mol. The number of hydrogen-bond donors (Lipinski definition) is 1. The van der Waals surface area contributed by atoms with Crippen LogP contribution in [0.1, 0.15) is 27.3 Å². The summed E-state index contributed by atoms with van der Waals surface area (Å²) < 4.78 is 2.07. The fraction of sp³-hybridized carbons (Fsp3) is 0.176. The molecule has 0 aliphatic heterocycles. The van der Waals surface area contributed by atoms with E-state index in [0.717, 1.165) is 17.0 Å². The van der Waals surface area contributed by atoms with Gasteiger partial charge in [0, 0.05) is 0 Å². The zero-order chi connectivity index (χ0) is 15.1. The molecule has 4 nitrogen and oxygen atoms in total. The average Bonchev–Trinajstić information content (AvgIpc) is 2.77. The Morgan fingerprint density at radius 3 is 2.62 bits per heavy atom. The van der Waals surface area contributed by atoms with Crippen molar-refractivity contribution >= 4 is 17.0 Å². The van der Waals surface area contributed by atoms with Gasteiger partial charge >= 0.3 is 5.97 Å². The predicted octanol–water partition coefficient (Wildman–Crippen LogP) is 3.65. The summed E-state index contributed by atoms with van der Waals surface area (Å²) in [7, 11) is 0. The number of carbonyl (C=O) groups is 1. The Balaban J connectivity index is 2.30. The van der Waals surface area contributed by atoms with E-state index in [4.69, 9.17) is 5.11 Å². The van der Waals surface area contributed by atoms with E-state index in [-0.39, 0.29) is 5.56 Å². The van der Waals surface area contributed by atoms with Crippen molar-refractivity contribution in [2.45, 2.75) is 20.8 Å². The zero-order valence-corrected chi connectivity index (χ0v) is 12.2. The highest BCUT2D eigenvalue weighted by Gasteiger charge is 2.13. The van der Waals surface area contributed by atoms with E-state index >= 15 is 0 Å². The van der Waals surface area contributed by atoms with Crippen LogP contribution in [0, 0.1) is 20.8 Å². The first-order valence-corrected chi connectivity index (χ1v) is 6.78. The lowest BCUT2D eigenvalue weighted by molar-refractivity contribution is 0.0697. The van der Waals surface area contributed by atoms with Crippen molar-refractivity contribution in [2.24, 2.45) is 0 Å². The molecule has 0 spiro atoms. The van der Waals surface area contributed by atoms with Gasteiger partial charge in [-0.05, 0) is 56.2 Å². The standard InChI is InChI=1S/C17H16N2O2/c1-10-5-4-6-15(11(10)2)19-12(3)18-14-9-13(17(20)21)7-8-16(14)19/h4-9H,1-3H3,(H,20,21). The van der Waals surface area contributed by atoms with Crippen LogP contribution in [0.15, 0.2) is 36.4 Å². The second kappa shape index (κ2) is 4.74. The van der Waals surface area contributed by atoms with Crippen LogP contribution >= 0.6 is 0 Å². The Morgan fingerprint density at radius 2 is 1.90 bits per heavy atom. The molecule has 0 saturated carbocycles. The van der Waals surface area contributed by atoms with Crippen LogP contribution in [0.2, 0.25) is 0 Å². The first-order chi connectivity index (χ1) is 9.99. The summed E-state index contributed by atoms with van der Waals surface area (Å²) in [5.41, 5.74) is 5.38. The van der Waals surface area contributed by atoms with E-state index in [2.05, 4.69) is 35.5 Å². The SMILES string of the molecule is Cc1cccc(-n2c(C)nc3cc(C(=O)O)ccc32)c1C. The molecule has 1 heterocycles. The van der Waals surface area contributed by atoms with E-state index in [1.807, 2.05) is 19.1 Å². The Hall–Kier alpha value is -2.62. The first kappa shape index (κ1) is 13.4. The number of hydrogen-bond acceptors (Lipinski definition) is 2. The number of nitrogens with zero attached hydrogens (tertiary/aromatic N) is 2. The summed E-state index contributed by atoms with van der Waals surface area (Å²) in [5, 5.41) is 9.08. The second-order valence-corrected chi connectivity index (χ2v) is 5.22. The first-order valence-electron chi connectivity index (χ1n) is 6.78. The summed E-state index contributed by atoms with van der Waals surface area (Å²) in [5.74, 6) is -0.0860. The van der Waals surface area contributed by atoms with E-state index in [0.29, 0.717) is 5.52 Å². The maximum absolute atomic E-state index is 11.1. The van der Waals surface area contributed by atoms with Crippen molar-refractivity contribution in [2.75, 3.05) is 0 Å². The van der Waals surface area contributed by atoms with E-state index in [1.54, 1.807) is 12.1 Å². The van der Waals surface area contributed by atoms with Crippen molar-refractivity contribution in [1.82, 2.24) is 9.55 Å². The summed E-state index contributed by atoms with van der Waals surface area (Å²) in [6, 6.07) is 11.2. The van der Waals surface area contributed by atoms with Gasteiger partial charge in [-0.15, -0.1) is 0 Å². The number of imidazole rings is 1. The van der Waals surface area contributed by atoms with Gasteiger partial charge in [0.2, 0.25) is 0 Å². The molecule has 0 radical (unpaired) electrons. The maximum Gasteiger partial charge on any atom is 0.335 e. The molecule has 0 saturated heterocycles. The molecule has 0 aliphatic carbocycles. The zero-order valence-electron chi connectivity index (χ0n) is 12.2. The summed E-state index contributed by atoms with van der Waals surface area (Å²) >= 11 is 0. The number of aromatic carboxylic acids is 1. The van der Waals surface area contributed by atoms with Crippen molar-refractivity contribution in [3.63, 3.8) is 0 Å². The van der Waals surface area contributed by atoms with Crippen molar-refractivity contribution < 1.29 is 9.90 Å². The van der Waals surface area contributed by atoms with Gasteiger partial charge in [-0.25, -0.2) is 9.78 Å². The molecule has 0 atom stereocenters. The molecule has 106 valence electrons. The largest absolute Gasteiger partial charge is 0.478 e. The van der Waals surface area contributed by atoms with Gasteiger partial charge in [-0.3, -0.25) is 4.57 Å². The molecule has 0 fully saturated rings. The van der Waals surface area contributed by atoms with E-state index in [9.17, 15) is 4.79 Å². The molecule has 1 aromatic heterocycles. The third kappa shape index (κ3) is 2.09. The van der Waals surface area contributed by atoms with Gasteiger partial charge in [0.1, 0.15) is 5.82 Å². The van der Waals surface area contributed by atoms with Crippen LogP contribution in [-0.4, -0.2) is 20.6 Å². The Bertz CT molecular complexity index is 863. The highest BCUT2D eigenvalue weighted by Crippen LogP contribution is 2.25. The van der Waals surface area contributed by atoms with Gasteiger partial charge < -0.3 is 5.11 Å². The number of carboxylic acids is 1. The number of benzene rings is 2. The number of rotatable bonds is 2. The van der Waals surface area contributed by atoms with Gasteiger partial charge in [0.15, 0.2) is 0 Å². The quantitative estimate of drug-likeness (QED) is 0.779. The van der Waals surface area contributed by atoms with Gasteiger partial charge in [0.05, 0.1) is 22.3 Å². The topological polar surface area (TPSA) is 55.1 Å². The smallest absolute Gasteiger partial charge is 0.335 e. The Morgan fingerprint density at radius 1 is 1.14 bits per heavy atom. The molecule has 0 bridgehead atoms. The monoisotopic (exact) mass is 280 g/mol.